The van der Waals surface area contributed by atoms with Crippen LogP contribution in [0.1, 0.15) is 6.92 Å². The number of benzene rings is 1. The van der Waals surface area contributed by atoms with Gasteiger partial charge in [-0.25, -0.2) is 9.59 Å². The summed E-state index contributed by atoms with van der Waals surface area (Å²) in [5, 5.41) is 7.76. The van der Waals surface area contributed by atoms with E-state index in [-0.39, 0.29) is 12.6 Å². The largest absolute Gasteiger partial charge is 0.495 e. The summed E-state index contributed by atoms with van der Waals surface area (Å²) < 4.78 is 9.79. The average molecular weight is 281 g/mol. The van der Waals surface area contributed by atoms with Crippen LogP contribution in [-0.4, -0.2) is 38.9 Å². The fraction of sp³-hybridized carbons (Fsp3) is 0.385. The lowest BCUT2D eigenvalue weighted by molar-refractivity contribution is 0.152. The second-order valence-corrected chi connectivity index (χ2v) is 3.73. The first kappa shape index (κ1) is 15.6. The van der Waals surface area contributed by atoms with Crippen LogP contribution in [0.4, 0.5) is 15.3 Å². The smallest absolute Gasteiger partial charge is 0.407 e. The Morgan fingerprint density at radius 3 is 2.55 bits per heavy atom. The van der Waals surface area contributed by atoms with Crippen molar-refractivity contribution in [2.24, 2.45) is 0 Å². The summed E-state index contributed by atoms with van der Waals surface area (Å²) in [6.07, 6.45) is -0.501. The number of hydrogen-bond donors (Lipinski definition) is 3. The molecule has 0 aliphatic rings. The van der Waals surface area contributed by atoms with Gasteiger partial charge >= 0.3 is 12.1 Å². The van der Waals surface area contributed by atoms with E-state index in [4.69, 9.17) is 4.74 Å². The van der Waals surface area contributed by atoms with Crippen molar-refractivity contribution >= 4 is 17.8 Å². The number of ether oxygens (including phenoxy) is 2. The predicted molar refractivity (Wildman–Crippen MR) is 75.0 cm³/mol. The highest BCUT2D eigenvalue weighted by Crippen LogP contribution is 2.22. The molecule has 0 fully saturated rings. The zero-order valence-electron chi connectivity index (χ0n) is 11.6. The summed E-state index contributed by atoms with van der Waals surface area (Å²) >= 11 is 0. The fourth-order valence-corrected chi connectivity index (χ4v) is 1.44. The third-order valence-corrected chi connectivity index (χ3v) is 2.31. The van der Waals surface area contributed by atoms with E-state index in [1.54, 1.807) is 25.1 Å². The number of alkyl carbamates (subject to hydrolysis) is 1. The first-order valence-corrected chi connectivity index (χ1v) is 6.25. The van der Waals surface area contributed by atoms with E-state index in [1.807, 2.05) is 6.07 Å². The molecule has 7 heteroatoms. The maximum absolute atomic E-state index is 11.6. The lowest BCUT2D eigenvalue weighted by Crippen LogP contribution is -2.37. The van der Waals surface area contributed by atoms with Gasteiger partial charge in [0.2, 0.25) is 0 Å². The number of carbonyl (C=O) groups excluding carboxylic acids is 2. The van der Waals surface area contributed by atoms with Gasteiger partial charge in [0.15, 0.2) is 0 Å². The van der Waals surface area contributed by atoms with Gasteiger partial charge in [0.1, 0.15) is 5.75 Å². The molecule has 110 valence electrons. The molecule has 1 aromatic rings. The van der Waals surface area contributed by atoms with Crippen molar-refractivity contribution in [3.63, 3.8) is 0 Å². The second-order valence-electron chi connectivity index (χ2n) is 3.73. The van der Waals surface area contributed by atoms with Crippen molar-refractivity contribution in [3.05, 3.63) is 24.3 Å². The van der Waals surface area contributed by atoms with Crippen molar-refractivity contribution in [2.45, 2.75) is 6.92 Å². The van der Waals surface area contributed by atoms with E-state index >= 15 is 0 Å². The van der Waals surface area contributed by atoms with Gasteiger partial charge in [-0.2, -0.15) is 0 Å². The van der Waals surface area contributed by atoms with E-state index in [0.29, 0.717) is 24.6 Å². The summed E-state index contributed by atoms with van der Waals surface area (Å²) in [5.74, 6) is 0.576. The van der Waals surface area contributed by atoms with E-state index in [2.05, 4.69) is 20.7 Å². The fourth-order valence-electron chi connectivity index (χ4n) is 1.44. The highest BCUT2D eigenvalue weighted by Gasteiger charge is 2.06. The SMILES string of the molecule is CCOC(=O)NCCNC(=O)Nc1ccccc1OC. The Kier molecular flexibility index (Phi) is 6.74. The number of rotatable bonds is 6. The monoisotopic (exact) mass is 281 g/mol. The van der Waals surface area contributed by atoms with E-state index in [0.717, 1.165) is 0 Å². The van der Waals surface area contributed by atoms with Crippen molar-refractivity contribution in [1.82, 2.24) is 10.6 Å². The van der Waals surface area contributed by atoms with Crippen LogP contribution in [-0.2, 0) is 4.74 Å². The van der Waals surface area contributed by atoms with Crippen molar-refractivity contribution in [1.29, 1.82) is 0 Å². The first-order chi connectivity index (χ1) is 9.67. The van der Waals surface area contributed by atoms with Crippen LogP contribution in [0.25, 0.3) is 0 Å². The Balaban J connectivity index is 2.28. The first-order valence-electron chi connectivity index (χ1n) is 6.25. The number of amides is 3. The van der Waals surface area contributed by atoms with Gasteiger partial charge in [-0.15, -0.1) is 0 Å². The van der Waals surface area contributed by atoms with Gasteiger partial charge in [0.05, 0.1) is 19.4 Å². The van der Waals surface area contributed by atoms with Crippen LogP contribution in [0.3, 0.4) is 0 Å². The Labute approximate surface area is 117 Å². The third kappa shape index (κ3) is 5.47. The molecule has 0 saturated carbocycles. The standard InChI is InChI=1S/C13H19N3O4/c1-3-20-13(18)15-9-8-14-12(17)16-10-6-4-5-7-11(10)19-2/h4-7H,3,8-9H2,1-2H3,(H,15,18)(H2,14,16,17). The van der Waals surface area contributed by atoms with Crippen LogP contribution in [0, 0.1) is 0 Å². The molecule has 0 saturated heterocycles. The number of methoxy groups -OCH3 is 1. The molecule has 0 atom stereocenters. The van der Waals surface area contributed by atoms with Gasteiger partial charge in [0, 0.05) is 13.1 Å². The molecule has 0 radical (unpaired) electrons. The minimum Gasteiger partial charge on any atom is -0.495 e. The molecule has 0 unspecified atom stereocenters. The predicted octanol–water partition coefficient (Wildman–Crippen LogP) is 1.56. The molecule has 7 nitrogen and oxygen atoms in total. The summed E-state index contributed by atoms with van der Waals surface area (Å²) in [6.45, 7) is 2.62. The second kappa shape index (κ2) is 8.63. The summed E-state index contributed by atoms with van der Waals surface area (Å²) in [7, 11) is 1.53. The lowest BCUT2D eigenvalue weighted by atomic mass is 10.3. The highest BCUT2D eigenvalue weighted by molar-refractivity contribution is 5.90. The minimum atomic E-state index is -0.501. The molecular weight excluding hydrogens is 262 g/mol. The topological polar surface area (TPSA) is 88.7 Å². The average Bonchev–Trinajstić information content (AvgIpc) is 2.44. The molecule has 0 aliphatic carbocycles. The van der Waals surface area contributed by atoms with Crippen molar-refractivity contribution < 1.29 is 19.1 Å². The number of anilines is 1. The summed E-state index contributed by atoms with van der Waals surface area (Å²) in [4.78, 5) is 22.6. The van der Waals surface area contributed by atoms with Crippen LogP contribution >= 0.6 is 0 Å². The Morgan fingerprint density at radius 2 is 1.85 bits per heavy atom. The normalized spacial score (nSPS) is 9.50. The molecule has 3 amide bonds. The minimum absolute atomic E-state index is 0.290. The van der Waals surface area contributed by atoms with Crippen molar-refractivity contribution in [2.75, 3.05) is 32.1 Å². The van der Waals surface area contributed by atoms with Gasteiger partial charge in [0.25, 0.3) is 0 Å². The molecule has 0 heterocycles. The van der Waals surface area contributed by atoms with E-state index in [1.165, 1.54) is 7.11 Å². The molecule has 3 N–H and O–H groups in total. The molecular formula is C13H19N3O4. The van der Waals surface area contributed by atoms with Gasteiger partial charge in [-0.05, 0) is 19.1 Å². The molecule has 1 aromatic carbocycles. The van der Waals surface area contributed by atoms with Crippen LogP contribution in [0.5, 0.6) is 5.75 Å². The molecule has 20 heavy (non-hydrogen) atoms. The maximum atomic E-state index is 11.6. The lowest BCUT2D eigenvalue weighted by Gasteiger charge is -2.11. The Hall–Kier alpha value is -2.44. The number of hydrogen-bond acceptors (Lipinski definition) is 4. The van der Waals surface area contributed by atoms with Crippen molar-refractivity contribution in [3.8, 4) is 5.75 Å². The van der Waals surface area contributed by atoms with Gasteiger partial charge < -0.3 is 25.4 Å². The van der Waals surface area contributed by atoms with Gasteiger partial charge in [-0.1, -0.05) is 12.1 Å². The molecule has 0 aromatic heterocycles. The number of urea groups is 1. The van der Waals surface area contributed by atoms with E-state index in [9.17, 15) is 9.59 Å². The molecule has 0 bridgehead atoms. The summed E-state index contributed by atoms with van der Waals surface area (Å²) in [6, 6.07) is 6.71. The maximum Gasteiger partial charge on any atom is 0.407 e. The zero-order valence-corrected chi connectivity index (χ0v) is 11.6. The Bertz CT molecular complexity index is 451. The molecule has 0 aliphatic heterocycles. The van der Waals surface area contributed by atoms with Crippen LogP contribution in [0.15, 0.2) is 24.3 Å². The quantitative estimate of drug-likeness (QED) is 0.690. The molecule has 1 rings (SSSR count). The Morgan fingerprint density at radius 1 is 1.15 bits per heavy atom. The number of nitrogens with one attached hydrogen (secondary N) is 3. The van der Waals surface area contributed by atoms with Crippen LogP contribution in [0.2, 0.25) is 0 Å². The number of carbonyl (C=O) groups is 2. The third-order valence-electron chi connectivity index (χ3n) is 2.31. The van der Waals surface area contributed by atoms with Gasteiger partial charge in [-0.3, -0.25) is 0 Å². The highest BCUT2D eigenvalue weighted by atomic mass is 16.5. The van der Waals surface area contributed by atoms with E-state index < -0.39 is 6.09 Å². The van der Waals surface area contributed by atoms with Crippen LogP contribution < -0.4 is 20.7 Å². The number of para-hydroxylation sites is 2. The zero-order chi connectivity index (χ0) is 14.8. The summed E-state index contributed by atoms with van der Waals surface area (Å²) in [5.41, 5.74) is 0.575. The molecule has 0 spiro atoms.